The molecule has 0 aliphatic carbocycles. The van der Waals surface area contributed by atoms with E-state index in [0.29, 0.717) is 23.0 Å². The van der Waals surface area contributed by atoms with E-state index in [1.165, 1.54) is 30.7 Å². The summed E-state index contributed by atoms with van der Waals surface area (Å²) in [5.41, 5.74) is 1.46. The van der Waals surface area contributed by atoms with Crippen molar-refractivity contribution in [2.75, 3.05) is 0 Å². The van der Waals surface area contributed by atoms with Crippen LogP contribution in [0, 0.1) is 5.82 Å². The molecular weight excluding hydrogens is 183 g/mol. The van der Waals surface area contributed by atoms with Gasteiger partial charge in [0.2, 0.25) is 0 Å². The number of aldehydes is 1. The fraction of sp³-hybridized carbons (Fsp3) is 0. The highest BCUT2D eigenvalue weighted by molar-refractivity contribution is 5.78. The van der Waals surface area contributed by atoms with Gasteiger partial charge in [-0.15, -0.1) is 0 Å². The van der Waals surface area contributed by atoms with Crippen LogP contribution in [0.5, 0.6) is 0 Å². The molecule has 3 heteroatoms. The Balaban J connectivity index is 2.57. The van der Waals surface area contributed by atoms with Gasteiger partial charge in [0.1, 0.15) is 12.1 Å². The highest BCUT2D eigenvalue weighted by atomic mass is 19.1. The van der Waals surface area contributed by atoms with Crippen LogP contribution in [0.1, 0.15) is 10.4 Å². The molecule has 0 aliphatic heterocycles. The minimum Gasteiger partial charge on any atom is -0.472 e. The molecule has 0 amide bonds. The summed E-state index contributed by atoms with van der Waals surface area (Å²) in [5.74, 6) is -0.364. The quantitative estimate of drug-likeness (QED) is 0.681. The molecule has 70 valence electrons. The van der Waals surface area contributed by atoms with Gasteiger partial charge >= 0.3 is 0 Å². The van der Waals surface area contributed by atoms with Gasteiger partial charge in [0, 0.05) is 16.7 Å². The van der Waals surface area contributed by atoms with Crippen molar-refractivity contribution in [2.45, 2.75) is 0 Å². The molecule has 1 aromatic heterocycles. The van der Waals surface area contributed by atoms with E-state index in [-0.39, 0.29) is 5.82 Å². The number of hydrogen-bond donors (Lipinski definition) is 0. The molecule has 2 nitrogen and oxygen atoms in total. The van der Waals surface area contributed by atoms with E-state index in [1.807, 2.05) is 0 Å². The van der Waals surface area contributed by atoms with Gasteiger partial charge in [0.15, 0.2) is 0 Å². The van der Waals surface area contributed by atoms with Crippen LogP contribution < -0.4 is 0 Å². The number of hydrogen-bond acceptors (Lipinski definition) is 2. The molecule has 2 aromatic rings. The van der Waals surface area contributed by atoms with Crippen LogP contribution in [0.4, 0.5) is 4.39 Å². The largest absolute Gasteiger partial charge is 0.472 e. The van der Waals surface area contributed by atoms with Gasteiger partial charge in [-0.1, -0.05) is 0 Å². The zero-order chi connectivity index (χ0) is 9.97. The minimum atomic E-state index is -0.364. The summed E-state index contributed by atoms with van der Waals surface area (Å²) in [4.78, 5) is 10.5. The predicted molar refractivity (Wildman–Crippen MR) is 49.5 cm³/mol. The summed E-state index contributed by atoms with van der Waals surface area (Å²) in [6.07, 6.45) is 3.58. The monoisotopic (exact) mass is 190 g/mol. The summed E-state index contributed by atoms with van der Waals surface area (Å²) < 4.78 is 18.2. The first kappa shape index (κ1) is 8.69. The Morgan fingerprint density at radius 1 is 1.29 bits per heavy atom. The molecular formula is C11H7FO2. The van der Waals surface area contributed by atoms with Crippen molar-refractivity contribution in [1.82, 2.24) is 0 Å². The molecule has 0 radical (unpaired) electrons. The Kier molecular flexibility index (Phi) is 2.14. The highest BCUT2D eigenvalue weighted by Crippen LogP contribution is 2.23. The second-order valence-corrected chi connectivity index (χ2v) is 2.87. The summed E-state index contributed by atoms with van der Waals surface area (Å²) in [5, 5.41) is 0. The Morgan fingerprint density at radius 3 is 2.79 bits per heavy atom. The summed E-state index contributed by atoms with van der Waals surface area (Å²) in [6.45, 7) is 0. The maximum atomic E-state index is 13.3. The molecule has 2 rings (SSSR count). The van der Waals surface area contributed by atoms with Crippen molar-refractivity contribution >= 4 is 6.29 Å². The molecule has 14 heavy (non-hydrogen) atoms. The van der Waals surface area contributed by atoms with Gasteiger partial charge in [0.05, 0.1) is 12.5 Å². The van der Waals surface area contributed by atoms with Crippen LogP contribution in [0.3, 0.4) is 0 Å². The van der Waals surface area contributed by atoms with Gasteiger partial charge in [-0.25, -0.2) is 4.39 Å². The maximum absolute atomic E-state index is 13.3. The highest BCUT2D eigenvalue weighted by Gasteiger charge is 2.06. The van der Waals surface area contributed by atoms with Gasteiger partial charge in [0.25, 0.3) is 0 Å². The standard InChI is InChI=1S/C11H7FO2/c12-11-2-1-8(6-13)5-10(11)9-3-4-14-7-9/h1-7H. The van der Waals surface area contributed by atoms with Gasteiger partial charge in [-0.2, -0.15) is 0 Å². The van der Waals surface area contributed by atoms with Crippen molar-refractivity contribution in [1.29, 1.82) is 0 Å². The Morgan fingerprint density at radius 2 is 2.14 bits per heavy atom. The number of carbonyl (C=O) groups excluding carboxylic acids is 1. The first-order valence-electron chi connectivity index (χ1n) is 4.08. The summed E-state index contributed by atoms with van der Waals surface area (Å²) in [7, 11) is 0. The zero-order valence-corrected chi connectivity index (χ0v) is 7.24. The average Bonchev–Trinajstić information content (AvgIpc) is 2.71. The lowest BCUT2D eigenvalue weighted by Crippen LogP contribution is -1.86. The van der Waals surface area contributed by atoms with Crippen molar-refractivity contribution < 1.29 is 13.6 Å². The third-order valence-electron chi connectivity index (χ3n) is 1.96. The van der Waals surface area contributed by atoms with E-state index in [2.05, 4.69) is 0 Å². The van der Waals surface area contributed by atoms with E-state index in [0.717, 1.165) is 0 Å². The molecule has 0 aliphatic rings. The van der Waals surface area contributed by atoms with E-state index >= 15 is 0 Å². The Hall–Kier alpha value is -1.90. The van der Waals surface area contributed by atoms with Crippen molar-refractivity contribution in [3.05, 3.63) is 48.2 Å². The fourth-order valence-corrected chi connectivity index (χ4v) is 1.26. The van der Waals surface area contributed by atoms with Crippen molar-refractivity contribution in [3.8, 4) is 11.1 Å². The lowest BCUT2D eigenvalue weighted by Gasteiger charge is -1.99. The molecule has 1 aromatic carbocycles. The smallest absolute Gasteiger partial charge is 0.150 e. The Labute approximate surface area is 80.0 Å². The second-order valence-electron chi connectivity index (χ2n) is 2.87. The number of carbonyl (C=O) groups is 1. The van der Waals surface area contributed by atoms with Crippen LogP contribution in [0.15, 0.2) is 41.2 Å². The van der Waals surface area contributed by atoms with E-state index in [4.69, 9.17) is 4.42 Å². The number of benzene rings is 1. The fourth-order valence-electron chi connectivity index (χ4n) is 1.26. The number of furan rings is 1. The van der Waals surface area contributed by atoms with Gasteiger partial charge in [-0.05, 0) is 24.3 Å². The van der Waals surface area contributed by atoms with Crippen LogP contribution in [0.2, 0.25) is 0 Å². The van der Waals surface area contributed by atoms with Crippen LogP contribution in [-0.2, 0) is 0 Å². The number of halogens is 1. The van der Waals surface area contributed by atoms with Crippen LogP contribution in [-0.4, -0.2) is 6.29 Å². The molecule has 0 bridgehead atoms. The van der Waals surface area contributed by atoms with Crippen LogP contribution in [0.25, 0.3) is 11.1 Å². The molecule has 1 heterocycles. The van der Waals surface area contributed by atoms with Crippen molar-refractivity contribution in [3.63, 3.8) is 0 Å². The predicted octanol–water partition coefficient (Wildman–Crippen LogP) is 2.90. The lowest BCUT2D eigenvalue weighted by atomic mass is 10.1. The summed E-state index contributed by atoms with van der Waals surface area (Å²) in [6, 6.07) is 5.85. The molecule has 0 saturated carbocycles. The molecule has 0 atom stereocenters. The van der Waals surface area contributed by atoms with Crippen LogP contribution >= 0.6 is 0 Å². The van der Waals surface area contributed by atoms with E-state index in [9.17, 15) is 9.18 Å². The normalized spacial score (nSPS) is 10.1. The first-order valence-corrected chi connectivity index (χ1v) is 4.08. The van der Waals surface area contributed by atoms with Crippen molar-refractivity contribution in [2.24, 2.45) is 0 Å². The molecule has 0 fully saturated rings. The SMILES string of the molecule is O=Cc1ccc(F)c(-c2ccoc2)c1. The third kappa shape index (κ3) is 1.44. The molecule has 0 unspecified atom stereocenters. The topological polar surface area (TPSA) is 30.2 Å². The lowest BCUT2D eigenvalue weighted by molar-refractivity contribution is 0.112. The second kappa shape index (κ2) is 3.46. The van der Waals surface area contributed by atoms with E-state index < -0.39 is 0 Å². The van der Waals surface area contributed by atoms with Gasteiger partial charge in [-0.3, -0.25) is 4.79 Å². The van der Waals surface area contributed by atoms with E-state index in [1.54, 1.807) is 6.07 Å². The minimum absolute atomic E-state index is 0.364. The summed E-state index contributed by atoms with van der Waals surface area (Å²) >= 11 is 0. The maximum Gasteiger partial charge on any atom is 0.150 e. The Bertz CT molecular complexity index is 446. The molecule has 0 N–H and O–H groups in total. The third-order valence-corrected chi connectivity index (χ3v) is 1.96. The first-order chi connectivity index (χ1) is 6.81. The zero-order valence-electron chi connectivity index (χ0n) is 7.24. The average molecular weight is 190 g/mol. The number of rotatable bonds is 2. The molecule has 0 spiro atoms. The molecule has 0 saturated heterocycles. The van der Waals surface area contributed by atoms with Gasteiger partial charge < -0.3 is 4.42 Å².